The normalized spacial score (nSPS) is 26.4. The predicted octanol–water partition coefficient (Wildman–Crippen LogP) is 13.3. The van der Waals surface area contributed by atoms with Crippen LogP contribution in [-0.2, 0) is 0 Å². The van der Waals surface area contributed by atoms with E-state index in [0.29, 0.717) is 23.7 Å². The van der Waals surface area contributed by atoms with Crippen LogP contribution in [0.25, 0.3) is 46.4 Å². The summed E-state index contributed by atoms with van der Waals surface area (Å²) in [6.07, 6.45) is 32.6. The molecule has 3 aromatic heterocycles. The molecule has 262 valence electrons. The summed E-state index contributed by atoms with van der Waals surface area (Å²) in [4.78, 5) is 19.4. The number of nitrogens with one attached hydrogen (secondary N) is 2. The summed E-state index contributed by atoms with van der Waals surface area (Å²) < 4.78 is 0. The molecule has 8 bridgehead atoms. The molecule has 3 aromatic rings. The number of fused-ring (bicyclic) bond motifs is 8. The largest absolute Gasteiger partial charge is 0.355 e. The topological polar surface area (TPSA) is 57.4 Å². The van der Waals surface area contributed by atoms with Crippen LogP contribution in [0.5, 0.6) is 0 Å². The smallest absolute Gasteiger partial charge is 0.0694 e. The van der Waals surface area contributed by atoms with E-state index in [9.17, 15) is 0 Å². The van der Waals surface area contributed by atoms with Gasteiger partial charge in [-0.25, -0.2) is 9.97 Å². The maximum atomic E-state index is 5.62. The molecule has 50 heavy (non-hydrogen) atoms. The Hall–Kier alpha value is -3.40. The van der Waals surface area contributed by atoms with Crippen LogP contribution in [0.3, 0.4) is 0 Å². The van der Waals surface area contributed by atoms with E-state index >= 15 is 0 Å². The van der Waals surface area contributed by atoms with Crippen molar-refractivity contribution in [1.82, 2.24) is 19.9 Å². The highest BCUT2D eigenvalue weighted by molar-refractivity contribution is 5.84. The van der Waals surface area contributed by atoms with Crippen molar-refractivity contribution in [3.63, 3.8) is 0 Å². The van der Waals surface area contributed by atoms with Gasteiger partial charge in [-0.1, -0.05) is 78.1 Å². The Morgan fingerprint density at radius 3 is 1.10 bits per heavy atom. The average Bonchev–Trinajstić information content (AvgIpc) is 3.98. The fourth-order valence-corrected chi connectivity index (χ4v) is 10.9. The molecule has 0 amide bonds. The summed E-state index contributed by atoms with van der Waals surface area (Å²) in [6, 6.07) is 9.62. The summed E-state index contributed by atoms with van der Waals surface area (Å²) >= 11 is 0. The standard InChI is InChI=1S/C46H58N4/c1-29-13-17-33(18-14-29)45-39-25-21-35(47-39)43(31-9-5-3-6-10-31)37-23-27-41(49-37)46(34-19-15-30(2)16-20-34)42-28-24-38(50-42)44(32-11-7-4-8-12-32)36-22-26-40(45)48-36/h21-34,47-48H,3-20H2,1-2H3. The Labute approximate surface area is 299 Å². The molecule has 9 rings (SSSR count). The van der Waals surface area contributed by atoms with Crippen LogP contribution in [0.1, 0.15) is 198 Å². The first-order valence-corrected chi connectivity index (χ1v) is 20.7. The second-order valence-corrected chi connectivity index (χ2v) is 17.2. The molecule has 2 aliphatic heterocycles. The molecular weight excluding hydrogens is 609 g/mol. The lowest BCUT2D eigenvalue weighted by Gasteiger charge is -2.27. The molecule has 0 unspecified atom stereocenters. The minimum atomic E-state index is 0.511. The first-order chi connectivity index (χ1) is 24.6. The molecule has 0 aromatic carbocycles. The van der Waals surface area contributed by atoms with Gasteiger partial charge in [0.15, 0.2) is 0 Å². The van der Waals surface area contributed by atoms with Crippen molar-refractivity contribution >= 4 is 46.4 Å². The SMILES string of the molecule is CC1CCC(c2c3nc(c(C4CCCCC4)c4ccc([nH]4)c(C4CCC(C)CC4)c4ccc([nH]4)c(C4CCCCC4)c4nc2C=C4)C=C3)CC1. The summed E-state index contributed by atoms with van der Waals surface area (Å²) in [5.41, 5.74) is 15.7. The number of aromatic nitrogens is 4. The molecule has 0 spiro atoms. The van der Waals surface area contributed by atoms with Gasteiger partial charge in [0.1, 0.15) is 0 Å². The van der Waals surface area contributed by atoms with Gasteiger partial charge in [0, 0.05) is 44.3 Å². The molecule has 6 aliphatic rings. The second-order valence-electron chi connectivity index (χ2n) is 17.2. The average molecular weight is 667 g/mol. The lowest BCUT2D eigenvalue weighted by atomic mass is 9.78. The lowest BCUT2D eigenvalue weighted by Crippen LogP contribution is -2.13. The van der Waals surface area contributed by atoms with E-state index in [0.717, 1.165) is 11.8 Å². The summed E-state index contributed by atoms with van der Waals surface area (Å²) in [6.45, 7) is 4.87. The van der Waals surface area contributed by atoms with Gasteiger partial charge in [0.2, 0.25) is 0 Å². The Balaban J connectivity index is 1.35. The number of aromatic amines is 2. The van der Waals surface area contributed by atoms with E-state index in [1.54, 1.807) is 0 Å². The van der Waals surface area contributed by atoms with E-state index in [4.69, 9.17) is 9.97 Å². The van der Waals surface area contributed by atoms with Gasteiger partial charge in [-0.15, -0.1) is 0 Å². The second kappa shape index (κ2) is 14.0. The van der Waals surface area contributed by atoms with Gasteiger partial charge in [-0.2, -0.15) is 0 Å². The zero-order valence-corrected chi connectivity index (χ0v) is 30.7. The number of rotatable bonds is 4. The first kappa shape index (κ1) is 32.5. The monoisotopic (exact) mass is 666 g/mol. The maximum absolute atomic E-state index is 5.62. The third-order valence-electron chi connectivity index (χ3n) is 13.8. The minimum absolute atomic E-state index is 0.511. The number of H-pyrrole nitrogens is 2. The van der Waals surface area contributed by atoms with Crippen LogP contribution < -0.4 is 0 Å². The first-order valence-electron chi connectivity index (χ1n) is 20.7. The number of hydrogen-bond acceptors (Lipinski definition) is 2. The quantitative estimate of drug-likeness (QED) is 0.201. The van der Waals surface area contributed by atoms with Crippen molar-refractivity contribution in [3.8, 4) is 0 Å². The zero-order valence-electron chi connectivity index (χ0n) is 30.7. The highest BCUT2D eigenvalue weighted by atomic mass is 14.8. The van der Waals surface area contributed by atoms with Gasteiger partial charge in [0.25, 0.3) is 0 Å². The van der Waals surface area contributed by atoms with Gasteiger partial charge in [-0.05, 0) is 135 Å². The number of hydrogen-bond donors (Lipinski definition) is 2. The molecule has 5 heterocycles. The van der Waals surface area contributed by atoms with E-state index in [1.807, 2.05) is 0 Å². The Morgan fingerprint density at radius 2 is 0.700 bits per heavy atom. The van der Waals surface area contributed by atoms with Crippen molar-refractivity contribution in [1.29, 1.82) is 0 Å². The minimum Gasteiger partial charge on any atom is -0.355 e. The molecule has 4 aliphatic carbocycles. The summed E-state index contributed by atoms with van der Waals surface area (Å²) in [5.74, 6) is 3.79. The third-order valence-corrected chi connectivity index (χ3v) is 13.8. The summed E-state index contributed by atoms with van der Waals surface area (Å²) in [5, 5.41) is 0. The molecule has 4 heteroatoms. The van der Waals surface area contributed by atoms with Gasteiger partial charge in [-0.3, -0.25) is 0 Å². The lowest BCUT2D eigenvalue weighted by molar-refractivity contribution is 0.347. The van der Waals surface area contributed by atoms with E-state index in [2.05, 4.69) is 72.4 Å². The van der Waals surface area contributed by atoms with E-state index in [-0.39, 0.29) is 0 Å². The molecule has 4 saturated carbocycles. The van der Waals surface area contributed by atoms with Crippen molar-refractivity contribution in [2.45, 2.75) is 153 Å². The zero-order chi connectivity index (χ0) is 33.6. The van der Waals surface area contributed by atoms with Crippen molar-refractivity contribution in [2.24, 2.45) is 11.8 Å². The molecule has 4 nitrogen and oxygen atoms in total. The van der Waals surface area contributed by atoms with Crippen LogP contribution in [0.2, 0.25) is 0 Å². The molecule has 2 N–H and O–H groups in total. The van der Waals surface area contributed by atoms with Crippen molar-refractivity contribution in [2.75, 3.05) is 0 Å². The maximum Gasteiger partial charge on any atom is 0.0694 e. The van der Waals surface area contributed by atoms with Gasteiger partial charge < -0.3 is 9.97 Å². The Morgan fingerprint density at radius 1 is 0.380 bits per heavy atom. The molecular formula is C46H58N4. The molecule has 0 radical (unpaired) electrons. The number of nitrogens with zero attached hydrogens (tertiary/aromatic N) is 2. The predicted molar refractivity (Wildman–Crippen MR) is 211 cm³/mol. The van der Waals surface area contributed by atoms with Crippen LogP contribution in [0, 0.1) is 11.8 Å². The van der Waals surface area contributed by atoms with Crippen molar-refractivity contribution < 1.29 is 0 Å². The van der Waals surface area contributed by atoms with E-state index < -0.39 is 0 Å². The van der Waals surface area contributed by atoms with E-state index in [1.165, 1.54) is 183 Å². The van der Waals surface area contributed by atoms with Crippen LogP contribution >= 0.6 is 0 Å². The van der Waals surface area contributed by atoms with Crippen LogP contribution in [-0.4, -0.2) is 19.9 Å². The fraction of sp³-hybridized carbons (Fsp3) is 0.565. The van der Waals surface area contributed by atoms with Gasteiger partial charge >= 0.3 is 0 Å². The fourth-order valence-electron chi connectivity index (χ4n) is 10.9. The molecule has 0 atom stereocenters. The Bertz CT molecular complexity index is 1810. The van der Waals surface area contributed by atoms with Gasteiger partial charge in [0.05, 0.1) is 22.8 Å². The van der Waals surface area contributed by atoms with Crippen LogP contribution in [0.4, 0.5) is 0 Å². The molecule has 0 saturated heterocycles. The Kier molecular flexibility index (Phi) is 9.08. The molecule has 4 fully saturated rings. The third kappa shape index (κ3) is 6.24. The summed E-state index contributed by atoms with van der Waals surface area (Å²) in [7, 11) is 0. The van der Waals surface area contributed by atoms with Crippen LogP contribution in [0.15, 0.2) is 24.3 Å². The highest BCUT2D eigenvalue weighted by Gasteiger charge is 2.29. The van der Waals surface area contributed by atoms with Crippen molar-refractivity contribution in [3.05, 3.63) is 69.3 Å². The highest BCUT2D eigenvalue weighted by Crippen LogP contribution is 2.44.